The summed E-state index contributed by atoms with van der Waals surface area (Å²) >= 11 is 1.75. The molecule has 0 unspecified atom stereocenters. The van der Waals surface area contributed by atoms with E-state index in [1.807, 2.05) is 24.4 Å². The minimum Gasteiger partial charge on any atom is -0.326 e. The van der Waals surface area contributed by atoms with Gasteiger partial charge in [-0.2, -0.15) is 0 Å². The smallest absolute Gasteiger partial charge is 0.0991 e. The largest absolute Gasteiger partial charge is 0.326 e. The molecule has 2 N–H and O–H groups in total. The summed E-state index contributed by atoms with van der Waals surface area (Å²) in [5, 5.41) is 1.14. The van der Waals surface area contributed by atoms with Crippen molar-refractivity contribution in [2.75, 3.05) is 0 Å². The Morgan fingerprint density at radius 1 is 1.35 bits per heavy atom. The molecule has 0 aromatic carbocycles. The zero-order chi connectivity index (χ0) is 11.7. The van der Waals surface area contributed by atoms with Crippen LogP contribution in [-0.4, -0.2) is 9.97 Å². The highest BCUT2D eigenvalue weighted by Crippen LogP contribution is 2.42. The van der Waals surface area contributed by atoms with Gasteiger partial charge in [0.1, 0.15) is 0 Å². The molecule has 2 aromatic rings. The fourth-order valence-electron chi connectivity index (χ4n) is 1.97. The Kier molecular flexibility index (Phi) is 2.91. The van der Waals surface area contributed by atoms with Crippen molar-refractivity contribution in [1.82, 2.24) is 9.97 Å². The highest BCUT2D eigenvalue weighted by molar-refractivity contribution is 7.11. The third-order valence-corrected chi connectivity index (χ3v) is 4.07. The van der Waals surface area contributed by atoms with Crippen molar-refractivity contribution in [3.8, 4) is 0 Å². The van der Waals surface area contributed by atoms with Crippen LogP contribution in [0.4, 0.5) is 0 Å². The second-order valence-corrected chi connectivity index (χ2v) is 5.56. The predicted octanol–water partition coefficient (Wildman–Crippen LogP) is 2.47. The van der Waals surface area contributed by atoms with Gasteiger partial charge in [0.2, 0.25) is 0 Å². The summed E-state index contributed by atoms with van der Waals surface area (Å²) in [5.41, 5.74) is 8.11. The fraction of sp³-hybridized carbons (Fsp3) is 0.385. The first-order valence-corrected chi connectivity index (χ1v) is 6.77. The number of rotatable bonds is 4. The molecule has 2 heterocycles. The number of aromatic nitrogens is 2. The van der Waals surface area contributed by atoms with Crippen molar-refractivity contribution in [1.29, 1.82) is 0 Å². The van der Waals surface area contributed by atoms with Crippen LogP contribution in [0.2, 0.25) is 0 Å². The quantitative estimate of drug-likeness (QED) is 0.900. The highest BCUT2D eigenvalue weighted by atomic mass is 32.1. The second kappa shape index (κ2) is 4.55. The van der Waals surface area contributed by atoms with Gasteiger partial charge < -0.3 is 5.73 Å². The summed E-state index contributed by atoms with van der Waals surface area (Å²) in [4.78, 5) is 10.3. The van der Waals surface area contributed by atoms with E-state index in [9.17, 15) is 0 Å². The molecule has 17 heavy (non-hydrogen) atoms. The average molecular weight is 245 g/mol. The summed E-state index contributed by atoms with van der Waals surface area (Å²) in [6.45, 7) is 0.617. The van der Waals surface area contributed by atoms with Crippen molar-refractivity contribution in [2.45, 2.75) is 31.7 Å². The Hall–Kier alpha value is -1.26. The molecule has 0 saturated heterocycles. The van der Waals surface area contributed by atoms with Gasteiger partial charge in [-0.25, -0.2) is 4.98 Å². The Bertz CT molecular complexity index is 503. The summed E-state index contributed by atoms with van der Waals surface area (Å²) in [6, 6.07) is 5.99. The molecule has 4 heteroatoms. The standard InChI is InChI=1S/C13H15N3S/c14-8-11-13(9-4-5-9)16-12(17-11)7-10-3-1-2-6-15-10/h1-3,6,9H,4-5,7-8,14H2. The maximum atomic E-state index is 5.78. The van der Waals surface area contributed by atoms with E-state index in [-0.39, 0.29) is 0 Å². The van der Waals surface area contributed by atoms with Crippen molar-refractivity contribution >= 4 is 11.3 Å². The molecule has 88 valence electrons. The first-order chi connectivity index (χ1) is 8.36. The van der Waals surface area contributed by atoms with Crippen LogP contribution in [0.5, 0.6) is 0 Å². The Balaban J connectivity index is 1.83. The minimum atomic E-state index is 0.617. The lowest BCUT2D eigenvalue weighted by molar-refractivity contribution is 0.951. The van der Waals surface area contributed by atoms with Crippen LogP contribution >= 0.6 is 11.3 Å². The second-order valence-electron chi connectivity index (χ2n) is 4.39. The monoisotopic (exact) mass is 245 g/mol. The van der Waals surface area contributed by atoms with Crippen LogP contribution in [-0.2, 0) is 13.0 Å². The first kappa shape index (κ1) is 10.9. The molecule has 1 fully saturated rings. The van der Waals surface area contributed by atoms with Gasteiger partial charge in [-0.05, 0) is 25.0 Å². The molecule has 3 rings (SSSR count). The normalized spacial score (nSPS) is 15.1. The Morgan fingerprint density at radius 3 is 2.88 bits per heavy atom. The zero-order valence-corrected chi connectivity index (χ0v) is 10.4. The van der Waals surface area contributed by atoms with E-state index >= 15 is 0 Å². The lowest BCUT2D eigenvalue weighted by Crippen LogP contribution is -1.97. The van der Waals surface area contributed by atoms with E-state index in [1.165, 1.54) is 23.4 Å². The summed E-state index contributed by atoms with van der Waals surface area (Å²) in [7, 11) is 0. The van der Waals surface area contributed by atoms with E-state index in [0.29, 0.717) is 12.5 Å². The van der Waals surface area contributed by atoms with E-state index in [4.69, 9.17) is 10.7 Å². The van der Waals surface area contributed by atoms with Gasteiger partial charge >= 0.3 is 0 Å². The van der Waals surface area contributed by atoms with Crippen molar-refractivity contribution in [3.63, 3.8) is 0 Å². The van der Waals surface area contributed by atoms with E-state index in [0.717, 1.165) is 17.1 Å². The van der Waals surface area contributed by atoms with Gasteiger partial charge in [0.25, 0.3) is 0 Å². The molecule has 1 aliphatic rings. The Morgan fingerprint density at radius 2 is 2.24 bits per heavy atom. The van der Waals surface area contributed by atoms with Gasteiger partial charge in [-0.3, -0.25) is 4.98 Å². The summed E-state index contributed by atoms with van der Waals surface area (Å²) in [5.74, 6) is 0.683. The molecular weight excluding hydrogens is 230 g/mol. The van der Waals surface area contributed by atoms with Crippen LogP contribution in [0.25, 0.3) is 0 Å². The fourth-order valence-corrected chi connectivity index (χ4v) is 3.02. The van der Waals surface area contributed by atoms with Crippen LogP contribution in [0.1, 0.15) is 40.0 Å². The lowest BCUT2D eigenvalue weighted by atomic mass is 10.2. The molecule has 1 aliphatic carbocycles. The SMILES string of the molecule is NCc1sc(Cc2ccccn2)nc1C1CC1. The molecule has 0 aliphatic heterocycles. The van der Waals surface area contributed by atoms with Crippen molar-refractivity contribution in [2.24, 2.45) is 5.73 Å². The maximum absolute atomic E-state index is 5.78. The molecule has 0 spiro atoms. The molecule has 1 saturated carbocycles. The highest BCUT2D eigenvalue weighted by Gasteiger charge is 2.29. The van der Waals surface area contributed by atoms with E-state index in [2.05, 4.69) is 4.98 Å². The average Bonchev–Trinajstić information content (AvgIpc) is 3.13. The zero-order valence-electron chi connectivity index (χ0n) is 9.60. The maximum Gasteiger partial charge on any atom is 0.0991 e. The van der Waals surface area contributed by atoms with Crippen LogP contribution in [0, 0.1) is 0 Å². The van der Waals surface area contributed by atoms with E-state index in [1.54, 1.807) is 11.3 Å². The van der Waals surface area contributed by atoms with Crippen molar-refractivity contribution in [3.05, 3.63) is 45.7 Å². The van der Waals surface area contributed by atoms with Crippen LogP contribution in [0.15, 0.2) is 24.4 Å². The molecule has 0 bridgehead atoms. The number of hydrogen-bond acceptors (Lipinski definition) is 4. The summed E-state index contributed by atoms with van der Waals surface area (Å²) in [6.07, 6.45) is 5.21. The topological polar surface area (TPSA) is 51.8 Å². The molecule has 0 amide bonds. The molecule has 3 nitrogen and oxygen atoms in total. The lowest BCUT2D eigenvalue weighted by Gasteiger charge is -1.95. The minimum absolute atomic E-state index is 0.617. The third-order valence-electron chi connectivity index (χ3n) is 2.98. The molecular formula is C13H15N3S. The van der Waals surface area contributed by atoms with Gasteiger partial charge in [-0.15, -0.1) is 11.3 Å². The molecule has 0 radical (unpaired) electrons. The first-order valence-electron chi connectivity index (χ1n) is 5.95. The van der Waals surface area contributed by atoms with Crippen LogP contribution in [0.3, 0.4) is 0 Å². The number of hydrogen-bond donors (Lipinski definition) is 1. The Labute approximate surface area is 105 Å². The number of thiazole rings is 1. The van der Waals surface area contributed by atoms with Gasteiger partial charge in [-0.1, -0.05) is 6.07 Å². The number of pyridine rings is 1. The van der Waals surface area contributed by atoms with Gasteiger partial charge in [0, 0.05) is 35.7 Å². The van der Waals surface area contributed by atoms with Gasteiger partial charge in [0.05, 0.1) is 10.7 Å². The van der Waals surface area contributed by atoms with Crippen molar-refractivity contribution < 1.29 is 0 Å². The third kappa shape index (κ3) is 2.37. The van der Waals surface area contributed by atoms with Crippen LogP contribution < -0.4 is 5.73 Å². The molecule has 0 atom stereocenters. The number of nitrogens with zero attached hydrogens (tertiary/aromatic N) is 2. The van der Waals surface area contributed by atoms with E-state index < -0.39 is 0 Å². The number of nitrogens with two attached hydrogens (primary N) is 1. The predicted molar refractivity (Wildman–Crippen MR) is 69.0 cm³/mol. The van der Waals surface area contributed by atoms with Gasteiger partial charge in [0.15, 0.2) is 0 Å². The molecule has 2 aromatic heterocycles. The summed E-state index contributed by atoms with van der Waals surface area (Å²) < 4.78 is 0.